The fourth-order valence-corrected chi connectivity index (χ4v) is 3.40. The average molecular weight is 311 g/mol. The van der Waals surface area contributed by atoms with E-state index in [0.717, 1.165) is 29.8 Å². The van der Waals surface area contributed by atoms with Gasteiger partial charge in [0.15, 0.2) is 0 Å². The molecule has 1 unspecified atom stereocenters. The summed E-state index contributed by atoms with van der Waals surface area (Å²) in [5, 5.41) is 9.34. The number of hydrogen-bond acceptors (Lipinski definition) is 4. The number of thiazole rings is 1. The van der Waals surface area contributed by atoms with Crippen molar-refractivity contribution in [3.8, 4) is 0 Å². The Morgan fingerprint density at radius 1 is 1.48 bits per heavy atom. The third kappa shape index (κ3) is 3.72. The molecule has 0 bridgehead atoms. The predicted molar refractivity (Wildman–Crippen MR) is 80.3 cm³/mol. The van der Waals surface area contributed by atoms with Crippen LogP contribution in [-0.4, -0.2) is 51.5 Å². The summed E-state index contributed by atoms with van der Waals surface area (Å²) in [6.45, 7) is 2.90. The van der Waals surface area contributed by atoms with E-state index in [1.165, 1.54) is 16.2 Å². The number of carbonyl (C=O) groups is 2. The molecule has 0 aliphatic carbocycles. The summed E-state index contributed by atoms with van der Waals surface area (Å²) >= 11 is 1.51. The number of carboxylic acids is 1. The lowest BCUT2D eigenvalue weighted by Gasteiger charge is -2.31. The van der Waals surface area contributed by atoms with Gasteiger partial charge in [-0.2, -0.15) is 0 Å². The molecule has 1 aliphatic rings. The van der Waals surface area contributed by atoms with Crippen LogP contribution in [0, 0.1) is 6.92 Å². The van der Waals surface area contributed by atoms with E-state index in [2.05, 4.69) is 4.98 Å². The molecule has 1 saturated heterocycles. The molecule has 1 atom stereocenters. The molecular weight excluding hydrogens is 290 g/mol. The first-order valence-electron chi connectivity index (χ1n) is 7.14. The zero-order valence-electron chi connectivity index (χ0n) is 12.4. The van der Waals surface area contributed by atoms with E-state index < -0.39 is 12.0 Å². The first kappa shape index (κ1) is 15.8. The second-order valence-electron chi connectivity index (χ2n) is 5.40. The molecule has 2 amide bonds. The number of aliphatic carboxylic acids is 1. The van der Waals surface area contributed by atoms with Crippen LogP contribution in [0.15, 0.2) is 5.51 Å². The normalized spacial score (nSPS) is 19.1. The maximum atomic E-state index is 12.6. The Bertz CT molecular complexity index is 517. The fraction of sp³-hybridized carbons (Fsp3) is 0.643. The number of aromatic nitrogens is 1. The number of hydrogen-bond donors (Lipinski definition) is 1. The third-order valence-electron chi connectivity index (χ3n) is 3.84. The van der Waals surface area contributed by atoms with Crippen LogP contribution in [0.3, 0.4) is 0 Å². The summed E-state index contributed by atoms with van der Waals surface area (Å²) in [4.78, 5) is 32.3. The van der Waals surface area contributed by atoms with Crippen LogP contribution in [-0.2, 0) is 11.3 Å². The number of carboxylic acid groups (broad SMARTS) is 1. The Morgan fingerprint density at radius 3 is 2.86 bits per heavy atom. The van der Waals surface area contributed by atoms with Gasteiger partial charge in [0.25, 0.3) is 0 Å². The highest BCUT2D eigenvalue weighted by molar-refractivity contribution is 7.09. The molecule has 1 aliphatic heterocycles. The van der Waals surface area contributed by atoms with Crippen molar-refractivity contribution in [3.05, 3.63) is 16.1 Å². The van der Waals surface area contributed by atoms with Gasteiger partial charge >= 0.3 is 12.0 Å². The van der Waals surface area contributed by atoms with Crippen molar-refractivity contribution < 1.29 is 14.7 Å². The minimum atomic E-state index is -0.910. The van der Waals surface area contributed by atoms with Crippen molar-refractivity contribution >= 4 is 23.3 Å². The quantitative estimate of drug-likeness (QED) is 0.930. The van der Waals surface area contributed by atoms with Crippen LogP contribution in [0.2, 0.25) is 0 Å². The lowest BCUT2D eigenvalue weighted by atomic mass is 10.1. The van der Waals surface area contributed by atoms with Gasteiger partial charge in [0.05, 0.1) is 17.7 Å². The number of nitrogens with zero attached hydrogens (tertiary/aromatic N) is 3. The molecule has 1 aromatic rings. The molecule has 2 rings (SSSR count). The van der Waals surface area contributed by atoms with Crippen LogP contribution >= 0.6 is 11.3 Å². The Balaban J connectivity index is 2.08. The molecule has 2 heterocycles. The number of rotatable bonds is 3. The molecule has 21 heavy (non-hydrogen) atoms. The second kappa shape index (κ2) is 6.89. The van der Waals surface area contributed by atoms with Gasteiger partial charge in [-0.3, -0.25) is 0 Å². The van der Waals surface area contributed by atoms with E-state index in [0.29, 0.717) is 19.5 Å². The maximum Gasteiger partial charge on any atom is 0.326 e. The zero-order valence-corrected chi connectivity index (χ0v) is 13.2. The SMILES string of the molecule is Cc1ncsc1CN(C)C(=O)N1CCCCCC1C(=O)O. The molecule has 0 saturated carbocycles. The lowest BCUT2D eigenvalue weighted by molar-refractivity contribution is -0.142. The predicted octanol–water partition coefficient (Wildman–Crippen LogP) is 2.33. The number of likely N-dealkylation sites (tertiary alicyclic amines) is 1. The van der Waals surface area contributed by atoms with E-state index in [9.17, 15) is 14.7 Å². The van der Waals surface area contributed by atoms with Gasteiger partial charge in [-0.25, -0.2) is 14.6 Å². The van der Waals surface area contributed by atoms with Gasteiger partial charge in [-0.05, 0) is 19.8 Å². The van der Waals surface area contributed by atoms with Crippen molar-refractivity contribution in [2.24, 2.45) is 0 Å². The first-order valence-corrected chi connectivity index (χ1v) is 8.02. The molecular formula is C14H21N3O3S. The van der Waals surface area contributed by atoms with Crippen molar-refractivity contribution in [1.29, 1.82) is 0 Å². The molecule has 0 aromatic carbocycles. The summed E-state index contributed by atoms with van der Waals surface area (Å²) in [6.07, 6.45) is 3.24. The van der Waals surface area contributed by atoms with Gasteiger partial charge in [-0.15, -0.1) is 11.3 Å². The summed E-state index contributed by atoms with van der Waals surface area (Å²) in [5.74, 6) is -0.910. The highest BCUT2D eigenvalue weighted by Crippen LogP contribution is 2.20. The van der Waals surface area contributed by atoms with Crippen LogP contribution in [0.5, 0.6) is 0 Å². The van der Waals surface area contributed by atoms with Crippen molar-refractivity contribution in [3.63, 3.8) is 0 Å². The first-order chi connectivity index (χ1) is 10.0. The second-order valence-corrected chi connectivity index (χ2v) is 6.34. The van der Waals surface area contributed by atoms with Gasteiger partial charge in [-0.1, -0.05) is 12.8 Å². The largest absolute Gasteiger partial charge is 0.480 e. The molecule has 0 radical (unpaired) electrons. The van der Waals surface area contributed by atoms with E-state index >= 15 is 0 Å². The summed E-state index contributed by atoms with van der Waals surface area (Å²) in [5.41, 5.74) is 2.68. The number of aryl methyl sites for hydroxylation is 1. The number of amides is 2. The summed E-state index contributed by atoms with van der Waals surface area (Å²) < 4.78 is 0. The van der Waals surface area contributed by atoms with Crippen molar-refractivity contribution in [2.45, 2.75) is 45.2 Å². The van der Waals surface area contributed by atoms with Gasteiger partial charge < -0.3 is 14.9 Å². The van der Waals surface area contributed by atoms with E-state index in [1.54, 1.807) is 17.5 Å². The Morgan fingerprint density at radius 2 is 2.24 bits per heavy atom. The Kier molecular flexibility index (Phi) is 5.17. The molecule has 0 spiro atoms. The Hall–Kier alpha value is -1.63. The summed E-state index contributed by atoms with van der Waals surface area (Å²) in [7, 11) is 1.71. The van der Waals surface area contributed by atoms with Gasteiger partial charge in [0.1, 0.15) is 6.04 Å². The molecule has 7 heteroatoms. The lowest BCUT2D eigenvalue weighted by Crippen LogP contribution is -2.49. The smallest absolute Gasteiger partial charge is 0.326 e. The van der Waals surface area contributed by atoms with Gasteiger partial charge in [0, 0.05) is 18.5 Å². The maximum absolute atomic E-state index is 12.6. The van der Waals surface area contributed by atoms with Crippen molar-refractivity contribution in [1.82, 2.24) is 14.8 Å². The van der Waals surface area contributed by atoms with E-state index in [-0.39, 0.29) is 6.03 Å². The molecule has 1 aromatic heterocycles. The standard InChI is InChI=1S/C14H21N3O3S/c1-10-12(21-9-15-10)8-16(2)14(20)17-7-5-3-4-6-11(17)13(18)19/h9,11H,3-8H2,1-2H3,(H,18,19). The van der Waals surface area contributed by atoms with E-state index in [4.69, 9.17) is 0 Å². The highest BCUT2D eigenvalue weighted by atomic mass is 32.1. The zero-order chi connectivity index (χ0) is 15.4. The number of urea groups is 1. The van der Waals surface area contributed by atoms with Crippen LogP contribution in [0.1, 0.15) is 36.3 Å². The minimum absolute atomic E-state index is 0.211. The highest BCUT2D eigenvalue weighted by Gasteiger charge is 2.32. The van der Waals surface area contributed by atoms with Crippen molar-refractivity contribution in [2.75, 3.05) is 13.6 Å². The molecule has 1 N–H and O–H groups in total. The molecule has 1 fully saturated rings. The van der Waals surface area contributed by atoms with Crippen LogP contribution in [0.4, 0.5) is 4.79 Å². The Labute approximate surface area is 128 Å². The average Bonchev–Trinajstić information content (AvgIpc) is 2.71. The third-order valence-corrected chi connectivity index (χ3v) is 4.76. The van der Waals surface area contributed by atoms with Crippen LogP contribution in [0.25, 0.3) is 0 Å². The fourth-order valence-electron chi connectivity index (χ4n) is 2.57. The minimum Gasteiger partial charge on any atom is -0.480 e. The molecule has 6 nitrogen and oxygen atoms in total. The van der Waals surface area contributed by atoms with Crippen LogP contribution < -0.4 is 0 Å². The monoisotopic (exact) mass is 311 g/mol. The van der Waals surface area contributed by atoms with Gasteiger partial charge in [0.2, 0.25) is 0 Å². The molecule has 116 valence electrons. The topological polar surface area (TPSA) is 73.7 Å². The summed E-state index contributed by atoms with van der Waals surface area (Å²) in [6, 6.07) is -0.915. The van der Waals surface area contributed by atoms with E-state index in [1.807, 2.05) is 6.92 Å². The number of carbonyl (C=O) groups excluding carboxylic acids is 1.